The minimum Gasteiger partial charge on any atom is -0.441 e. The molecule has 0 spiro atoms. The number of nitrogens with one attached hydrogen (secondary N) is 2. The Balaban J connectivity index is 1.43. The Kier molecular flexibility index (Phi) is 8.63. The van der Waals surface area contributed by atoms with E-state index < -0.39 is 23.8 Å². The molecule has 37 heavy (non-hydrogen) atoms. The number of rotatable bonds is 11. The Morgan fingerprint density at radius 2 is 1.76 bits per heavy atom. The number of aliphatic hydroxyl groups excluding tert-OH is 1. The smallest absolute Gasteiger partial charge is 0.224 e. The fourth-order valence-electron chi connectivity index (χ4n) is 4.37. The van der Waals surface area contributed by atoms with Gasteiger partial charge in [0.2, 0.25) is 5.91 Å². The fraction of sp³-hybridized carbons (Fsp3) is 0.310. The van der Waals surface area contributed by atoms with Crippen LogP contribution in [-0.2, 0) is 30.6 Å². The first-order valence-electron chi connectivity index (χ1n) is 12.4. The molecule has 2 atom stereocenters. The molecule has 3 N–H and O–H groups in total. The minimum absolute atomic E-state index is 0.0554. The van der Waals surface area contributed by atoms with Crippen molar-refractivity contribution in [3.8, 4) is 0 Å². The summed E-state index contributed by atoms with van der Waals surface area (Å²) in [5, 5.41) is 17.0. The maximum absolute atomic E-state index is 13.8. The van der Waals surface area contributed by atoms with Gasteiger partial charge in [-0.2, -0.15) is 0 Å². The summed E-state index contributed by atoms with van der Waals surface area (Å²) in [6.45, 7) is 4.56. The topological polar surface area (TPSA) is 87.4 Å². The number of aromatic nitrogens is 1. The van der Waals surface area contributed by atoms with Gasteiger partial charge < -0.3 is 20.2 Å². The molecule has 0 aliphatic carbocycles. The maximum atomic E-state index is 13.8. The summed E-state index contributed by atoms with van der Waals surface area (Å²) in [6, 6.07) is 15.9. The van der Waals surface area contributed by atoms with E-state index >= 15 is 0 Å². The molecular weight excluding hydrogens is 476 g/mol. The summed E-state index contributed by atoms with van der Waals surface area (Å²) in [7, 11) is 0. The first kappa shape index (κ1) is 26.4. The summed E-state index contributed by atoms with van der Waals surface area (Å²) < 4.78 is 33.1. The van der Waals surface area contributed by atoms with Gasteiger partial charge in [-0.3, -0.25) is 4.79 Å². The molecule has 0 aliphatic heterocycles. The average molecular weight is 508 g/mol. The van der Waals surface area contributed by atoms with Crippen LogP contribution in [0.15, 0.2) is 65.1 Å². The molecule has 3 aromatic carbocycles. The number of halogens is 2. The van der Waals surface area contributed by atoms with E-state index in [4.69, 9.17) is 4.42 Å². The zero-order valence-corrected chi connectivity index (χ0v) is 20.9. The van der Waals surface area contributed by atoms with Crippen molar-refractivity contribution in [1.29, 1.82) is 0 Å². The fourth-order valence-corrected chi connectivity index (χ4v) is 4.37. The van der Waals surface area contributed by atoms with Crippen molar-refractivity contribution in [2.24, 2.45) is 0 Å². The average Bonchev–Trinajstić information content (AvgIpc) is 3.22. The third kappa shape index (κ3) is 7.44. The molecule has 4 rings (SSSR count). The van der Waals surface area contributed by atoms with Crippen molar-refractivity contribution in [3.63, 3.8) is 0 Å². The zero-order chi connectivity index (χ0) is 26.4. The second-order valence-electron chi connectivity index (χ2n) is 9.24. The molecule has 0 fully saturated rings. The number of hydrogen-bond acceptors (Lipinski definition) is 5. The third-order valence-electron chi connectivity index (χ3n) is 6.19. The van der Waals surface area contributed by atoms with Crippen LogP contribution in [0.3, 0.4) is 0 Å². The second kappa shape index (κ2) is 12.1. The molecule has 4 aromatic rings. The molecule has 0 unspecified atom stereocenters. The van der Waals surface area contributed by atoms with Gasteiger partial charge in [0, 0.05) is 26.1 Å². The van der Waals surface area contributed by atoms with Crippen molar-refractivity contribution in [1.82, 2.24) is 15.6 Å². The van der Waals surface area contributed by atoms with Crippen LogP contribution < -0.4 is 10.6 Å². The lowest BCUT2D eigenvalue weighted by molar-refractivity contribution is -0.122. The molecule has 0 bridgehead atoms. The number of fused-ring (bicyclic) bond motifs is 1. The van der Waals surface area contributed by atoms with E-state index in [0.717, 1.165) is 23.6 Å². The van der Waals surface area contributed by atoms with Gasteiger partial charge in [-0.15, -0.1) is 0 Å². The lowest BCUT2D eigenvalue weighted by Crippen LogP contribution is -2.49. The molecular formula is C29H31F2N3O3. The van der Waals surface area contributed by atoms with Crippen molar-refractivity contribution in [3.05, 3.63) is 100 Å². The van der Waals surface area contributed by atoms with Crippen molar-refractivity contribution in [2.45, 2.75) is 51.8 Å². The Morgan fingerprint density at radius 1 is 1.00 bits per heavy atom. The number of amides is 1. The zero-order valence-electron chi connectivity index (χ0n) is 20.9. The van der Waals surface area contributed by atoms with Crippen LogP contribution in [0.25, 0.3) is 11.1 Å². The number of aliphatic hydroxyl groups is 1. The first-order valence-corrected chi connectivity index (χ1v) is 12.4. The van der Waals surface area contributed by atoms with E-state index in [9.17, 15) is 18.7 Å². The summed E-state index contributed by atoms with van der Waals surface area (Å²) in [6.07, 6.45) is 0.0544. The van der Waals surface area contributed by atoms with Gasteiger partial charge in [-0.05, 0) is 59.4 Å². The van der Waals surface area contributed by atoms with Crippen molar-refractivity contribution >= 4 is 17.0 Å². The van der Waals surface area contributed by atoms with E-state index in [1.54, 1.807) is 25.1 Å². The minimum atomic E-state index is -0.995. The van der Waals surface area contributed by atoms with E-state index in [2.05, 4.69) is 34.7 Å². The Bertz CT molecular complexity index is 1350. The molecule has 6 nitrogen and oxygen atoms in total. The predicted octanol–water partition coefficient (Wildman–Crippen LogP) is 4.40. The number of oxazole rings is 1. The summed E-state index contributed by atoms with van der Waals surface area (Å²) in [5.74, 6) is -1.20. The number of nitrogens with zero attached hydrogens (tertiary/aromatic N) is 1. The summed E-state index contributed by atoms with van der Waals surface area (Å²) in [4.78, 5) is 17.2. The van der Waals surface area contributed by atoms with E-state index in [1.807, 2.05) is 12.1 Å². The lowest BCUT2D eigenvalue weighted by atomic mass is 10.00. The van der Waals surface area contributed by atoms with Crippen molar-refractivity contribution in [2.75, 3.05) is 6.54 Å². The number of carbonyl (C=O) groups excluding carboxylic acids is 1. The molecule has 0 saturated carbocycles. The molecule has 1 aromatic heterocycles. The molecule has 0 radical (unpaired) electrons. The number of hydrogen-bond donors (Lipinski definition) is 3. The van der Waals surface area contributed by atoms with Crippen LogP contribution in [0, 0.1) is 18.6 Å². The third-order valence-corrected chi connectivity index (χ3v) is 6.19. The molecule has 8 heteroatoms. The predicted molar refractivity (Wildman–Crippen MR) is 138 cm³/mol. The van der Waals surface area contributed by atoms with Gasteiger partial charge in [0.15, 0.2) is 11.5 Å². The van der Waals surface area contributed by atoms with E-state index in [-0.39, 0.29) is 25.3 Å². The molecule has 1 amide bonds. The Labute approximate surface area is 214 Å². The van der Waals surface area contributed by atoms with Crippen LogP contribution in [0.2, 0.25) is 0 Å². The quantitative estimate of drug-likeness (QED) is 0.280. The maximum Gasteiger partial charge on any atom is 0.224 e. The number of aryl methyl sites for hydroxylation is 2. The molecule has 1 heterocycles. The SMILES string of the molecule is CCc1cccc(CNC[C@H](O)[C@H](Cc2cc(F)cc(F)c2)NC(=O)Cc2ccc3oc(C)nc3c2)c1. The monoisotopic (exact) mass is 507 g/mol. The number of benzene rings is 3. The van der Waals surface area contributed by atoms with Gasteiger partial charge in [0.25, 0.3) is 0 Å². The van der Waals surface area contributed by atoms with Crippen LogP contribution in [-0.4, -0.2) is 34.7 Å². The van der Waals surface area contributed by atoms with Gasteiger partial charge in [0.05, 0.1) is 18.6 Å². The summed E-state index contributed by atoms with van der Waals surface area (Å²) in [5.41, 5.74) is 4.67. The van der Waals surface area contributed by atoms with Gasteiger partial charge >= 0.3 is 0 Å². The normalized spacial score (nSPS) is 13.0. The highest BCUT2D eigenvalue weighted by Crippen LogP contribution is 2.18. The molecule has 194 valence electrons. The van der Waals surface area contributed by atoms with Crippen molar-refractivity contribution < 1.29 is 23.1 Å². The lowest BCUT2D eigenvalue weighted by Gasteiger charge is -2.25. The number of carbonyl (C=O) groups is 1. The summed E-state index contributed by atoms with van der Waals surface area (Å²) >= 11 is 0. The standard InChI is InChI=1S/C29H31F2N3O3/c1-3-19-5-4-6-21(9-19)16-32-17-27(35)25(13-22-10-23(30)15-24(31)11-22)34-29(36)14-20-7-8-28-26(12-20)33-18(2)37-28/h4-12,15,25,27,32,35H,3,13-14,16-17H2,1-2H3,(H,34,36)/t25-,27-/m0/s1. The first-order chi connectivity index (χ1) is 17.8. The van der Waals surface area contributed by atoms with Crippen LogP contribution >= 0.6 is 0 Å². The van der Waals surface area contributed by atoms with Gasteiger partial charge in [0.1, 0.15) is 17.2 Å². The van der Waals surface area contributed by atoms with Crippen LogP contribution in [0.1, 0.15) is 35.1 Å². The van der Waals surface area contributed by atoms with Gasteiger partial charge in [-0.25, -0.2) is 13.8 Å². The highest BCUT2D eigenvalue weighted by Gasteiger charge is 2.23. The highest BCUT2D eigenvalue weighted by atomic mass is 19.1. The van der Waals surface area contributed by atoms with E-state index in [1.165, 1.54) is 17.7 Å². The second-order valence-corrected chi connectivity index (χ2v) is 9.24. The molecule has 0 saturated heterocycles. The van der Waals surface area contributed by atoms with E-state index in [0.29, 0.717) is 29.1 Å². The van der Waals surface area contributed by atoms with Crippen LogP contribution in [0.4, 0.5) is 8.78 Å². The van der Waals surface area contributed by atoms with Crippen LogP contribution in [0.5, 0.6) is 0 Å². The van der Waals surface area contributed by atoms with Gasteiger partial charge in [-0.1, -0.05) is 37.3 Å². The molecule has 0 aliphatic rings. The largest absolute Gasteiger partial charge is 0.441 e. The highest BCUT2D eigenvalue weighted by molar-refractivity contribution is 5.81. The Morgan fingerprint density at radius 3 is 2.51 bits per heavy atom. The Hall–Kier alpha value is -3.62.